The largest absolute Gasteiger partial charge is 0.524 e. The number of aryl methyl sites for hydroxylation is 3. The van der Waals surface area contributed by atoms with Gasteiger partial charge in [0.25, 0.3) is 11.8 Å². The summed E-state index contributed by atoms with van der Waals surface area (Å²) < 4.78 is 58.2. The third-order valence-corrected chi connectivity index (χ3v) is 25.3. The first kappa shape index (κ1) is 86.3. The maximum Gasteiger partial charge on any atom is 0.524 e. The molecule has 33 heteroatoms. The van der Waals surface area contributed by atoms with E-state index in [2.05, 4.69) is 22.9 Å². The van der Waals surface area contributed by atoms with Crippen molar-refractivity contribution in [3.05, 3.63) is 92.7 Å². The molecule has 4 heterocycles. The van der Waals surface area contributed by atoms with E-state index in [-0.39, 0.29) is 154 Å². The van der Waals surface area contributed by atoms with E-state index in [1.165, 1.54) is 39.7 Å². The maximum absolute atomic E-state index is 15.1. The minimum Gasteiger partial charge on any atom is -0.409 e. The van der Waals surface area contributed by atoms with E-state index >= 15 is 4.79 Å². The summed E-state index contributed by atoms with van der Waals surface area (Å²) in [5, 5.41) is 14.1. The number of hydrogen-bond donors (Lipinski definition) is 6. The van der Waals surface area contributed by atoms with Gasteiger partial charge in [-0.25, -0.2) is 14.2 Å². The first-order chi connectivity index (χ1) is 53.1. The molecule has 5 aromatic rings. The van der Waals surface area contributed by atoms with Crippen molar-refractivity contribution in [2.24, 2.45) is 34.3 Å². The molecule has 0 spiro atoms. The molecular formula is C78H103Cl2N8O20PS2. The number of halogens is 2. The minimum atomic E-state index is -4.86. The van der Waals surface area contributed by atoms with Crippen LogP contribution in [0, 0.1) is 42.4 Å². The molecule has 0 saturated heterocycles. The fourth-order valence-electron chi connectivity index (χ4n) is 16.0. The maximum atomic E-state index is 15.1. The van der Waals surface area contributed by atoms with E-state index in [1.807, 2.05) is 35.6 Å². The van der Waals surface area contributed by atoms with Crippen molar-refractivity contribution in [1.82, 2.24) is 25.3 Å². The topological polar surface area (TPSA) is 360 Å². The second-order valence-corrected chi connectivity index (χ2v) is 33.4. The number of thiophene rings is 2. The zero-order valence-electron chi connectivity index (χ0n) is 63.9. The quantitative estimate of drug-likeness (QED) is 0.00912. The number of nitrogens with zero attached hydrogens (tertiary/aromatic N) is 4. The van der Waals surface area contributed by atoms with Crippen molar-refractivity contribution in [3.63, 3.8) is 0 Å². The number of benzene rings is 3. The Kier molecular flexibility index (Phi) is 30.5. The molecule has 2 aromatic heterocycles. The number of carbonyl (C=O) groups is 9. The lowest BCUT2D eigenvalue weighted by Gasteiger charge is -2.73. The van der Waals surface area contributed by atoms with Crippen molar-refractivity contribution in [2.75, 3.05) is 148 Å². The number of phosphoric ester groups is 1. The first-order valence-electron chi connectivity index (χ1n) is 37.8. The van der Waals surface area contributed by atoms with Crippen LogP contribution >= 0.6 is 53.7 Å². The van der Waals surface area contributed by atoms with E-state index in [9.17, 15) is 52.7 Å². The molecule has 28 nitrogen and oxygen atoms in total. The minimum absolute atomic E-state index is 0.0153. The van der Waals surface area contributed by atoms with Gasteiger partial charge in [0.1, 0.15) is 5.75 Å². The predicted octanol–water partition coefficient (Wildman–Crippen LogP) is 10.2. The van der Waals surface area contributed by atoms with Gasteiger partial charge in [-0.15, -0.1) is 45.9 Å². The number of ketones is 1. The lowest BCUT2D eigenvalue weighted by molar-refractivity contribution is -0.228. The highest BCUT2D eigenvalue weighted by Crippen LogP contribution is 2.79. The fourth-order valence-corrected chi connectivity index (χ4v) is 19.0. The zero-order chi connectivity index (χ0) is 79.9. The van der Waals surface area contributed by atoms with Crippen LogP contribution in [0.4, 0.5) is 21.0 Å². The molecule has 6 atom stereocenters. The Labute approximate surface area is 664 Å². The van der Waals surface area contributed by atoms with Gasteiger partial charge in [-0.2, -0.15) is 0 Å². The first-order valence-corrected chi connectivity index (χ1v) is 42.1. The molecule has 2 unspecified atom stereocenters. The number of anilines is 2. The number of alkyl halides is 2. The Morgan fingerprint density at radius 3 is 1.86 bits per heavy atom. The second-order valence-electron chi connectivity index (χ2n) is 29.9. The van der Waals surface area contributed by atoms with Crippen LogP contribution in [0.15, 0.2) is 59.3 Å². The van der Waals surface area contributed by atoms with Crippen LogP contribution in [-0.4, -0.2) is 222 Å². The molecule has 3 aromatic carbocycles. The van der Waals surface area contributed by atoms with Gasteiger partial charge in [0.2, 0.25) is 23.6 Å². The van der Waals surface area contributed by atoms with Crippen LogP contribution in [0.3, 0.4) is 0 Å². The number of likely N-dealkylation sites (N-methyl/N-ethyl adjacent to an activating group) is 2. The van der Waals surface area contributed by atoms with Gasteiger partial charge in [-0.3, -0.25) is 48.2 Å². The SMILES string of the molecule is Cc1csc2c(OP(=O)(O)O)cc3c(c12)[C@H](CCl)CC3C(C)C12CC(C(=O)N3C[C@@H](CCl)c4c3cc(OC(=O)N(C)CCN(C)C(=O)CCc3ccc(NC(=O)[C@H](CCCNC(N)=O)CC(=O)[C@@H](NC(=O)CCOCCOCCOCCOCCOCCOCCN5C(=O)C=CC5=O)C(C)C)cc3)c3scc(C)c43)(C1)C2. The molecule has 2 aliphatic heterocycles. The molecular weight excluding hydrogens is 1530 g/mol. The van der Waals surface area contributed by atoms with E-state index in [0.717, 1.165) is 60.2 Å². The van der Waals surface area contributed by atoms with Gasteiger partial charge >= 0.3 is 19.9 Å². The van der Waals surface area contributed by atoms with Crippen LogP contribution < -0.4 is 35.8 Å². The number of rotatable bonds is 46. The molecule has 3 fully saturated rings. The van der Waals surface area contributed by atoms with Crippen LogP contribution in [0.1, 0.15) is 130 Å². The van der Waals surface area contributed by atoms with Gasteiger partial charge in [0.05, 0.1) is 112 Å². The van der Waals surface area contributed by atoms with Gasteiger partial charge < -0.3 is 74.1 Å². The Balaban J connectivity index is 0.630. The molecule has 2 bridgehead atoms. The van der Waals surface area contributed by atoms with Gasteiger partial charge in [0, 0.05) is 118 Å². The van der Waals surface area contributed by atoms with E-state index < -0.39 is 49.1 Å². The number of carbonyl (C=O) groups excluding carboxylic acids is 9. The summed E-state index contributed by atoms with van der Waals surface area (Å²) in [5.74, 6) is -1.91. The molecule has 4 aliphatic carbocycles. The average molecular weight is 1640 g/mol. The molecule has 11 rings (SSSR count). The normalized spacial score (nSPS) is 19.7. The van der Waals surface area contributed by atoms with Gasteiger partial charge in [-0.1, -0.05) is 32.9 Å². The van der Waals surface area contributed by atoms with Crippen molar-refractivity contribution >= 4 is 139 Å². The summed E-state index contributed by atoms with van der Waals surface area (Å²) in [6.45, 7) is 14.6. The number of nitrogens with one attached hydrogen (secondary N) is 3. The zero-order valence-corrected chi connectivity index (χ0v) is 68.0. The molecule has 9 amide bonds. The number of nitrogens with two attached hydrogens (primary N) is 1. The number of phosphoric acid groups is 1. The number of primary amides is 1. The third-order valence-electron chi connectivity index (χ3n) is 21.9. The van der Waals surface area contributed by atoms with Crippen molar-refractivity contribution in [1.29, 1.82) is 0 Å². The number of hydrogen-bond acceptors (Lipinski definition) is 20. The Bertz CT molecular complexity index is 4230. The molecule has 111 heavy (non-hydrogen) atoms. The van der Waals surface area contributed by atoms with Crippen LogP contribution in [0.2, 0.25) is 0 Å². The van der Waals surface area contributed by atoms with Gasteiger partial charge in [0.15, 0.2) is 11.5 Å². The number of ether oxygens (including phenoxy) is 7. The monoisotopic (exact) mass is 1640 g/mol. The molecule has 3 saturated carbocycles. The van der Waals surface area contributed by atoms with Crippen LogP contribution in [0.25, 0.3) is 20.2 Å². The number of fused-ring (bicyclic) bond motifs is 6. The highest BCUT2D eigenvalue weighted by Gasteiger charge is 2.74. The van der Waals surface area contributed by atoms with E-state index in [1.54, 1.807) is 63.2 Å². The van der Waals surface area contributed by atoms with Crippen LogP contribution in [-0.2, 0) is 73.0 Å². The Hall–Kier alpha value is -7.16. The smallest absolute Gasteiger partial charge is 0.409 e. The van der Waals surface area contributed by atoms with Crippen molar-refractivity contribution in [3.8, 4) is 11.5 Å². The van der Waals surface area contributed by atoms with E-state index in [0.29, 0.717) is 119 Å². The van der Waals surface area contributed by atoms with Crippen LogP contribution in [0.5, 0.6) is 11.5 Å². The summed E-state index contributed by atoms with van der Waals surface area (Å²) in [6.07, 6.45) is 5.56. The Morgan fingerprint density at radius 2 is 1.29 bits per heavy atom. The molecule has 0 radical (unpaired) electrons. The molecule has 7 N–H and O–H groups in total. The second kappa shape index (κ2) is 39.3. The van der Waals surface area contributed by atoms with Gasteiger partial charge in [-0.05, 0) is 150 Å². The number of Topliss-reactive ketones (excluding diaryl/α,β-unsaturated/α-hetero) is 1. The average Bonchev–Trinajstić information content (AvgIpc) is 1.57. The number of urea groups is 1. The number of imide groups is 1. The third kappa shape index (κ3) is 21.4. The van der Waals surface area contributed by atoms with E-state index in [4.69, 9.17) is 66.6 Å². The summed E-state index contributed by atoms with van der Waals surface area (Å²) in [6, 6.07) is 9.02. The summed E-state index contributed by atoms with van der Waals surface area (Å²) >= 11 is 16.3. The standard InChI is InChI=1S/C78H103Cl2N8O20PS2/c1-47(2)70(84-62(90)18-23-101-25-27-103-29-31-105-33-34-106-32-30-104-28-26-102-24-22-87-64(92)16-17-65(87)93)59(89)36-52(9-8-19-82-75(81)96)73(94)83-55-13-10-51(11-14-55)12-15-63(91)85(6)20-21-86(7)76(97)107-60-38-58-69(67-49(4)43-110-71(60)67)54(40-80)41-88(58)74(95)78-44-77(45-78,46-78)50(5)56-35-53(39-79)68-57(56)37-61(108-109(98,99)100)72-66(68)48(3)42-111-72/h10-11,13-14,16-17,37-38,42-43,47,50,52-54,56,70H,8-9,12,15,18-36,39-41,44-46H2,1-7H3,(H,83,94)(H,84,90)(H3,81,82,96)(H2,98,99,100)/t50?,52-,53+,54-,56?,70+,77?,78?/m1/s1. The van der Waals surface area contributed by atoms with Crippen molar-refractivity contribution in [2.45, 2.75) is 123 Å². The predicted molar refractivity (Wildman–Crippen MR) is 422 cm³/mol. The summed E-state index contributed by atoms with van der Waals surface area (Å²) in [7, 11) is -1.59. The lowest BCUT2D eigenvalue weighted by Crippen LogP contribution is -2.70. The number of amides is 9. The Morgan fingerprint density at radius 1 is 0.730 bits per heavy atom. The molecule has 6 aliphatic rings. The fraction of sp³-hybridized carbons (Fsp3) is 0.577. The lowest BCUT2D eigenvalue weighted by atomic mass is 9.31. The summed E-state index contributed by atoms with van der Waals surface area (Å²) in [5.41, 5.74) is 11.6. The summed E-state index contributed by atoms with van der Waals surface area (Å²) in [4.78, 5) is 144. The highest BCUT2D eigenvalue weighted by atomic mass is 35.5. The van der Waals surface area contributed by atoms with Crippen molar-refractivity contribution < 1.29 is 95.2 Å². The highest BCUT2D eigenvalue weighted by molar-refractivity contribution is 7.46. The molecule has 606 valence electrons.